The Hall–Kier alpha value is -0.830. The lowest BCUT2D eigenvalue weighted by molar-refractivity contribution is 0.0349. The van der Waals surface area contributed by atoms with Crippen LogP contribution in [0.2, 0.25) is 0 Å². The molecule has 0 radical (unpaired) electrons. The summed E-state index contributed by atoms with van der Waals surface area (Å²) in [4.78, 5) is 12.0. The second-order valence-corrected chi connectivity index (χ2v) is 5.15. The smallest absolute Gasteiger partial charge is 0.170 e. The predicted molar refractivity (Wildman–Crippen MR) is 67.0 cm³/mol. The zero-order chi connectivity index (χ0) is 11.8. The van der Waals surface area contributed by atoms with Gasteiger partial charge in [0, 0.05) is 4.47 Å². The van der Waals surface area contributed by atoms with Gasteiger partial charge in [-0.25, -0.2) is 0 Å². The average Bonchev–Trinajstić information content (AvgIpc) is 2.28. The number of carbonyl (C=O) groups excluding carboxylic acids is 1. The fourth-order valence-corrected chi connectivity index (χ4v) is 2.45. The maximum atomic E-state index is 12.0. The summed E-state index contributed by atoms with van der Waals surface area (Å²) in [5.74, 6) is 0.909. The van der Waals surface area contributed by atoms with Crippen molar-refractivity contribution in [2.75, 3.05) is 0 Å². The van der Waals surface area contributed by atoms with Crippen LogP contribution in [0.15, 0.2) is 22.7 Å². The van der Waals surface area contributed by atoms with Crippen LogP contribution in [0.4, 0.5) is 0 Å². The Morgan fingerprint density at radius 3 is 2.69 bits per heavy atom. The quantitative estimate of drug-likeness (QED) is 0.820. The van der Waals surface area contributed by atoms with Gasteiger partial charge in [-0.2, -0.15) is 0 Å². The van der Waals surface area contributed by atoms with Crippen LogP contribution in [-0.4, -0.2) is 11.4 Å². The Kier molecular flexibility index (Phi) is 3.06. The number of carbonyl (C=O) groups is 1. The highest BCUT2D eigenvalue weighted by atomic mass is 79.9. The van der Waals surface area contributed by atoms with Crippen LogP contribution in [-0.2, 0) is 0 Å². The summed E-state index contributed by atoms with van der Waals surface area (Å²) in [6.45, 7) is 4.14. The van der Waals surface area contributed by atoms with Crippen LogP contribution in [0.1, 0.15) is 43.5 Å². The van der Waals surface area contributed by atoms with Gasteiger partial charge in [-0.05, 0) is 31.0 Å². The highest BCUT2D eigenvalue weighted by Crippen LogP contribution is 2.38. The summed E-state index contributed by atoms with van der Waals surface area (Å²) in [5, 5.41) is 0. The van der Waals surface area contributed by atoms with Crippen LogP contribution in [0.3, 0.4) is 0 Å². The molecule has 1 aliphatic rings. The van der Waals surface area contributed by atoms with E-state index in [0.717, 1.165) is 17.3 Å². The molecule has 2 nitrogen and oxygen atoms in total. The third kappa shape index (κ3) is 1.88. The zero-order valence-electron chi connectivity index (χ0n) is 9.55. The SMILES string of the molecule is CCC1(CC)CC(=O)c2ccc(Br)cc2O1. The highest BCUT2D eigenvalue weighted by Gasteiger charge is 2.37. The standard InChI is InChI=1S/C13H15BrO2/c1-3-13(4-2)8-11(15)10-6-5-9(14)7-12(10)16-13/h5-7H,3-4,8H2,1-2H3. The number of hydrogen-bond acceptors (Lipinski definition) is 2. The molecule has 1 aliphatic heterocycles. The third-order valence-electron chi connectivity index (χ3n) is 3.34. The second-order valence-electron chi connectivity index (χ2n) is 4.23. The van der Waals surface area contributed by atoms with Crippen LogP contribution < -0.4 is 4.74 Å². The van der Waals surface area contributed by atoms with Crippen LogP contribution in [0.5, 0.6) is 5.75 Å². The van der Waals surface area contributed by atoms with E-state index in [0.29, 0.717) is 17.7 Å². The van der Waals surface area contributed by atoms with Gasteiger partial charge in [0.2, 0.25) is 0 Å². The largest absolute Gasteiger partial charge is 0.486 e. The van der Waals surface area contributed by atoms with Crippen molar-refractivity contribution in [3.8, 4) is 5.75 Å². The lowest BCUT2D eigenvalue weighted by Gasteiger charge is -2.36. The summed E-state index contributed by atoms with van der Waals surface area (Å²) >= 11 is 3.40. The van der Waals surface area contributed by atoms with E-state index in [-0.39, 0.29) is 11.4 Å². The van der Waals surface area contributed by atoms with Gasteiger partial charge in [-0.15, -0.1) is 0 Å². The van der Waals surface area contributed by atoms with E-state index in [2.05, 4.69) is 29.8 Å². The summed E-state index contributed by atoms with van der Waals surface area (Å²) in [5.41, 5.74) is 0.408. The lowest BCUT2D eigenvalue weighted by Crippen LogP contribution is -2.40. The Balaban J connectivity index is 2.45. The summed E-state index contributed by atoms with van der Waals surface area (Å²) in [6, 6.07) is 5.59. The van der Waals surface area contributed by atoms with E-state index in [4.69, 9.17) is 4.74 Å². The van der Waals surface area contributed by atoms with Crippen molar-refractivity contribution in [2.24, 2.45) is 0 Å². The van der Waals surface area contributed by atoms with Gasteiger partial charge in [-0.1, -0.05) is 29.8 Å². The van der Waals surface area contributed by atoms with Gasteiger partial charge in [0.15, 0.2) is 5.78 Å². The number of Topliss-reactive ketones (excluding diaryl/α,β-unsaturated/α-hetero) is 1. The van der Waals surface area contributed by atoms with Gasteiger partial charge in [0.1, 0.15) is 11.4 Å². The van der Waals surface area contributed by atoms with Crippen molar-refractivity contribution in [3.63, 3.8) is 0 Å². The minimum absolute atomic E-state index is 0.192. The molecule has 0 spiro atoms. The number of rotatable bonds is 2. The Labute approximate surface area is 104 Å². The minimum Gasteiger partial charge on any atom is -0.486 e. The second kappa shape index (κ2) is 4.21. The van der Waals surface area contributed by atoms with Gasteiger partial charge < -0.3 is 4.74 Å². The molecule has 3 heteroatoms. The molecule has 1 aromatic rings. The van der Waals surface area contributed by atoms with Crippen molar-refractivity contribution >= 4 is 21.7 Å². The molecule has 0 amide bonds. The fourth-order valence-electron chi connectivity index (χ4n) is 2.11. The predicted octanol–water partition coefficient (Wildman–Crippen LogP) is 3.97. The molecular weight excluding hydrogens is 268 g/mol. The first kappa shape index (κ1) is 11.6. The van der Waals surface area contributed by atoms with Crippen molar-refractivity contribution in [2.45, 2.75) is 38.7 Å². The average molecular weight is 283 g/mol. The Morgan fingerprint density at radius 1 is 1.38 bits per heavy atom. The topological polar surface area (TPSA) is 26.3 Å². The summed E-state index contributed by atoms with van der Waals surface area (Å²) in [7, 11) is 0. The normalized spacial score (nSPS) is 17.8. The van der Waals surface area contributed by atoms with Crippen LogP contribution in [0, 0.1) is 0 Å². The van der Waals surface area contributed by atoms with Crippen LogP contribution >= 0.6 is 15.9 Å². The number of fused-ring (bicyclic) bond motifs is 1. The Morgan fingerprint density at radius 2 is 2.06 bits per heavy atom. The maximum absolute atomic E-state index is 12.0. The van der Waals surface area contributed by atoms with E-state index in [1.54, 1.807) is 0 Å². The lowest BCUT2D eigenvalue weighted by atomic mass is 9.86. The molecule has 0 aliphatic carbocycles. The van der Waals surface area contributed by atoms with E-state index >= 15 is 0 Å². The maximum Gasteiger partial charge on any atom is 0.170 e. The molecule has 0 unspecified atom stereocenters. The Bertz CT molecular complexity index is 422. The first-order valence-electron chi connectivity index (χ1n) is 5.62. The molecule has 86 valence electrons. The molecule has 1 aromatic carbocycles. The molecule has 0 saturated heterocycles. The number of halogens is 1. The first-order valence-corrected chi connectivity index (χ1v) is 6.41. The molecule has 0 N–H and O–H groups in total. The van der Waals surface area contributed by atoms with Gasteiger partial charge in [-0.3, -0.25) is 4.79 Å². The number of ketones is 1. The van der Waals surface area contributed by atoms with Crippen molar-refractivity contribution in [3.05, 3.63) is 28.2 Å². The molecule has 0 saturated carbocycles. The first-order chi connectivity index (χ1) is 7.60. The van der Waals surface area contributed by atoms with E-state index in [1.165, 1.54) is 0 Å². The van der Waals surface area contributed by atoms with Gasteiger partial charge in [0.25, 0.3) is 0 Å². The molecular formula is C13H15BrO2. The van der Waals surface area contributed by atoms with Crippen molar-refractivity contribution in [1.29, 1.82) is 0 Å². The van der Waals surface area contributed by atoms with E-state index < -0.39 is 0 Å². The molecule has 16 heavy (non-hydrogen) atoms. The van der Waals surface area contributed by atoms with Crippen molar-refractivity contribution < 1.29 is 9.53 Å². The minimum atomic E-state index is -0.301. The molecule has 0 bridgehead atoms. The van der Waals surface area contributed by atoms with Crippen molar-refractivity contribution in [1.82, 2.24) is 0 Å². The van der Waals surface area contributed by atoms with Gasteiger partial charge >= 0.3 is 0 Å². The third-order valence-corrected chi connectivity index (χ3v) is 3.84. The molecule has 0 fully saturated rings. The van der Waals surface area contributed by atoms with E-state index in [1.807, 2.05) is 18.2 Å². The highest BCUT2D eigenvalue weighted by molar-refractivity contribution is 9.10. The number of ether oxygens (including phenoxy) is 1. The zero-order valence-corrected chi connectivity index (χ0v) is 11.1. The molecule has 0 atom stereocenters. The van der Waals surface area contributed by atoms with Crippen LogP contribution in [0.25, 0.3) is 0 Å². The monoisotopic (exact) mass is 282 g/mol. The number of hydrogen-bond donors (Lipinski definition) is 0. The van der Waals surface area contributed by atoms with E-state index in [9.17, 15) is 4.79 Å². The number of benzene rings is 1. The fraction of sp³-hybridized carbons (Fsp3) is 0.462. The summed E-state index contributed by atoms with van der Waals surface area (Å²) < 4.78 is 6.96. The molecule has 0 aromatic heterocycles. The van der Waals surface area contributed by atoms with Gasteiger partial charge in [0.05, 0.1) is 12.0 Å². The molecule has 1 heterocycles. The molecule has 2 rings (SSSR count). The summed E-state index contributed by atoms with van der Waals surface area (Å²) in [6.07, 6.45) is 2.22.